The molecule has 3 rings (SSSR count). The molecule has 0 aliphatic carbocycles. The number of halogens is 1. The molecule has 2 aliphatic rings. The maximum atomic E-state index is 12.9. The standard InChI is InChI=1S/C21H32FN3O/c1-17-8-12-24(13-9-17)16-19-3-2-11-25(14-10-19)21(26)23-15-18-4-6-20(22)7-5-18/h4-7,17,19H,2-3,8-16H2,1H3,(H,23,26). The summed E-state index contributed by atoms with van der Waals surface area (Å²) >= 11 is 0. The number of likely N-dealkylation sites (tertiary alicyclic amines) is 2. The van der Waals surface area contributed by atoms with Crippen LogP contribution < -0.4 is 5.32 Å². The van der Waals surface area contributed by atoms with E-state index in [0.717, 1.165) is 37.4 Å². The second kappa shape index (κ2) is 9.36. The first-order chi connectivity index (χ1) is 12.6. The van der Waals surface area contributed by atoms with Crippen LogP contribution in [-0.4, -0.2) is 48.6 Å². The molecule has 0 aromatic heterocycles. The van der Waals surface area contributed by atoms with Gasteiger partial charge in [0, 0.05) is 26.2 Å². The van der Waals surface area contributed by atoms with Crippen LogP contribution in [0.3, 0.4) is 0 Å². The van der Waals surface area contributed by atoms with E-state index in [1.807, 2.05) is 4.90 Å². The van der Waals surface area contributed by atoms with E-state index in [0.29, 0.717) is 12.5 Å². The van der Waals surface area contributed by atoms with Crippen LogP contribution in [0.5, 0.6) is 0 Å². The number of urea groups is 1. The monoisotopic (exact) mass is 361 g/mol. The molecule has 0 spiro atoms. The third-order valence-electron chi connectivity index (χ3n) is 5.88. The molecule has 2 fully saturated rings. The first-order valence-corrected chi connectivity index (χ1v) is 10.1. The minimum absolute atomic E-state index is 0.00164. The number of carbonyl (C=O) groups excluding carboxylic acids is 1. The van der Waals surface area contributed by atoms with E-state index in [1.165, 1.54) is 51.0 Å². The van der Waals surface area contributed by atoms with E-state index in [1.54, 1.807) is 12.1 Å². The number of rotatable bonds is 4. The third kappa shape index (κ3) is 5.70. The van der Waals surface area contributed by atoms with Crippen molar-refractivity contribution < 1.29 is 9.18 Å². The lowest BCUT2D eigenvalue weighted by molar-refractivity contribution is 0.160. The maximum Gasteiger partial charge on any atom is 0.317 e. The molecular formula is C21H32FN3O. The molecule has 1 N–H and O–H groups in total. The Balaban J connectivity index is 1.41. The lowest BCUT2D eigenvalue weighted by atomic mass is 9.95. The summed E-state index contributed by atoms with van der Waals surface area (Å²) in [5.41, 5.74) is 0.923. The molecular weight excluding hydrogens is 329 g/mol. The number of hydrogen-bond acceptors (Lipinski definition) is 2. The average molecular weight is 362 g/mol. The highest BCUT2D eigenvalue weighted by atomic mass is 19.1. The van der Waals surface area contributed by atoms with Gasteiger partial charge in [-0.1, -0.05) is 19.1 Å². The first-order valence-electron chi connectivity index (χ1n) is 10.1. The topological polar surface area (TPSA) is 35.6 Å². The number of hydrogen-bond donors (Lipinski definition) is 1. The van der Waals surface area contributed by atoms with Gasteiger partial charge in [0.2, 0.25) is 0 Å². The highest BCUT2D eigenvalue weighted by Crippen LogP contribution is 2.22. The van der Waals surface area contributed by atoms with Crippen molar-refractivity contribution >= 4 is 6.03 Å². The smallest absolute Gasteiger partial charge is 0.317 e. The summed E-state index contributed by atoms with van der Waals surface area (Å²) in [6.45, 7) is 8.14. The van der Waals surface area contributed by atoms with Crippen molar-refractivity contribution in [1.29, 1.82) is 0 Å². The zero-order valence-corrected chi connectivity index (χ0v) is 15.9. The summed E-state index contributed by atoms with van der Waals surface area (Å²) in [6, 6.07) is 6.29. The molecule has 0 bridgehead atoms. The van der Waals surface area contributed by atoms with Crippen molar-refractivity contribution in [2.24, 2.45) is 11.8 Å². The molecule has 2 heterocycles. The molecule has 0 radical (unpaired) electrons. The van der Waals surface area contributed by atoms with E-state index < -0.39 is 0 Å². The van der Waals surface area contributed by atoms with E-state index in [2.05, 4.69) is 17.1 Å². The van der Waals surface area contributed by atoms with Crippen molar-refractivity contribution in [2.45, 2.75) is 45.6 Å². The summed E-state index contributed by atoms with van der Waals surface area (Å²) in [4.78, 5) is 17.0. The predicted octanol–water partition coefficient (Wildman–Crippen LogP) is 3.87. The van der Waals surface area contributed by atoms with Crippen LogP contribution in [0.25, 0.3) is 0 Å². The van der Waals surface area contributed by atoms with Crippen LogP contribution in [0.15, 0.2) is 24.3 Å². The fraction of sp³-hybridized carbons (Fsp3) is 0.667. The van der Waals surface area contributed by atoms with Crippen molar-refractivity contribution in [3.8, 4) is 0 Å². The van der Waals surface area contributed by atoms with E-state index in [9.17, 15) is 9.18 Å². The zero-order valence-electron chi connectivity index (χ0n) is 15.9. The lowest BCUT2D eigenvalue weighted by Crippen LogP contribution is -2.40. The molecule has 1 aromatic rings. The molecule has 2 amide bonds. The Kier molecular flexibility index (Phi) is 6.89. The molecule has 2 saturated heterocycles. The fourth-order valence-corrected chi connectivity index (χ4v) is 4.05. The van der Waals surface area contributed by atoms with Crippen LogP contribution in [0, 0.1) is 17.7 Å². The quantitative estimate of drug-likeness (QED) is 0.884. The van der Waals surface area contributed by atoms with Crippen molar-refractivity contribution in [1.82, 2.24) is 15.1 Å². The van der Waals surface area contributed by atoms with Gasteiger partial charge in [-0.05, 0) is 74.7 Å². The van der Waals surface area contributed by atoms with Gasteiger partial charge in [0.25, 0.3) is 0 Å². The minimum Gasteiger partial charge on any atom is -0.334 e. The molecule has 4 nitrogen and oxygen atoms in total. The fourth-order valence-electron chi connectivity index (χ4n) is 4.05. The largest absolute Gasteiger partial charge is 0.334 e. The van der Waals surface area contributed by atoms with Gasteiger partial charge in [0.15, 0.2) is 0 Å². The second-order valence-corrected chi connectivity index (χ2v) is 8.05. The van der Waals surface area contributed by atoms with Gasteiger partial charge >= 0.3 is 6.03 Å². The Morgan fingerprint density at radius 2 is 1.81 bits per heavy atom. The van der Waals surface area contributed by atoms with Crippen LogP contribution >= 0.6 is 0 Å². The number of piperidine rings is 1. The van der Waals surface area contributed by atoms with E-state index in [-0.39, 0.29) is 11.8 Å². The Morgan fingerprint density at radius 3 is 2.54 bits per heavy atom. The van der Waals surface area contributed by atoms with E-state index in [4.69, 9.17) is 0 Å². The van der Waals surface area contributed by atoms with Gasteiger partial charge in [-0.25, -0.2) is 9.18 Å². The molecule has 2 aliphatic heterocycles. The highest BCUT2D eigenvalue weighted by Gasteiger charge is 2.23. The van der Waals surface area contributed by atoms with Gasteiger partial charge in [-0.2, -0.15) is 0 Å². The maximum absolute atomic E-state index is 12.9. The zero-order chi connectivity index (χ0) is 18.4. The number of nitrogens with zero attached hydrogens (tertiary/aromatic N) is 2. The average Bonchev–Trinajstić information content (AvgIpc) is 2.88. The van der Waals surface area contributed by atoms with Crippen molar-refractivity contribution in [3.63, 3.8) is 0 Å². The van der Waals surface area contributed by atoms with Crippen LogP contribution in [-0.2, 0) is 6.54 Å². The predicted molar refractivity (Wildman–Crippen MR) is 102 cm³/mol. The normalized spacial score (nSPS) is 22.8. The molecule has 26 heavy (non-hydrogen) atoms. The number of amides is 2. The Hall–Kier alpha value is -1.62. The highest BCUT2D eigenvalue weighted by molar-refractivity contribution is 5.74. The van der Waals surface area contributed by atoms with E-state index >= 15 is 0 Å². The summed E-state index contributed by atoms with van der Waals surface area (Å²) < 4.78 is 12.9. The molecule has 5 heteroatoms. The van der Waals surface area contributed by atoms with Gasteiger partial charge < -0.3 is 15.1 Å². The van der Waals surface area contributed by atoms with Crippen molar-refractivity contribution in [2.75, 3.05) is 32.7 Å². The van der Waals surface area contributed by atoms with Crippen LogP contribution in [0.1, 0.15) is 44.6 Å². The van der Waals surface area contributed by atoms with Gasteiger partial charge in [0.05, 0.1) is 0 Å². The molecule has 1 unspecified atom stereocenters. The number of nitrogens with one attached hydrogen (secondary N) is 1. The molecule has 1 atom stereocenters. The van der Waals surface area contributed by atoms with Crippen LogP contribution in [0.4, 0.5) is 9.18 Å². The SMILES string of the molecule is CC1CCN(CC2CCCN(C(=O)NCc3ccc(F)cc3)CC2)CC1. The third-order valence-corrected chi connectivity index (χ3v) is 5.88. The Bertz CT molecular complexity index is 569. The minimum atomic E-state index is -0.248. The first kappa shape index (κ1) is 19.2. The lowest BCUT2D eigenvalue weighted by Gasteiger charge is -2.32. The van der Waals surface area contributed by atoms with Gasteiger partial charge in [-0.3, -0.25) is 0 Å². The summed E-state index contributed by atoms with van der Waals surface area (Å²) in [5, 5.41) is 2.97. The summed E-state index contributed by atoms with van der Waals surface area (Å²) in [7, 11) is 0. The number of carbonyl (C=O) groups is 1. The van der Waals surface area contributed by atoms with Gasteiger partial charge in [0.1, 0.15) is 5.82 Å². The van der Waals surface area contributed by atoms with Crippen LogP contribution in [0.2, 0.25) is 0 Å². The molecule has 144 valence electrons. The molecule has 0 saturated carbocycles. The summed E-state index contributed by atoms with van der Waals surface area (Å²) in [5.74, 6) is 1.33. The van der Waals surface area contributed by atoms with Crippen molar-refractivity contribution in [3.05, 3.63) is 35.6 Å². The second-order valence-electron chi connectivity index (χ2n) is 8.05. The Morgan fingerprint density at radius 1 is 1.08 bits per heavy atom. The molecule has 1 aromatic carbocycles. The summed E-state index contributed by atoms with van der Waals surface area (Å²) in [6.07, 6.45) is 6.04. The number of benzene rings is 1. The van der Waals surface area contributed by atoms with Gasteiger partial charge in [-0.15, -0.1) is 0 Å². The Labute approximate surface area is 156 Å².